The molecule has 5 heterocycles. The van der Waals surface area contributed by atoms with Crippen LogP contribution in [-0.4, -0.2) is 44.8 Å². The van der Waals surface area contributed by atoms with Gasteiger partial charge in [-0.2, -0.15) is 0 Å². The molecule has 0 fully saturated rings. The summed E-state index contributed by atoms with van der Waals surface area (Å²) in [6.45, 7) is 16.7. The van der Waals surface area contributed by atoms with Crippen LogP contribution >= 0.6 is 0 Å². The van der Waals surface area contributed by atoms with Gasteiger partial charge in [0.25, 0.3) is 0 Å². The van der Waals surface area contributed by atoms with Crippen molar-refractivity contribution in [1.82, 2.24) is 30.6 Å². The topological polar surface area (TPSA) is 116 Å². The zero-order chi connectivity index (χ0) is 34.5. The lowest BCUT2D eigenvalue weighted by Gasteiger charge is -2.07. The lowest BCUT2D eigenvalue weighted by atomic mass is 9.98. The maximum Gasteiger partial charge on any atom is 0.221 e. The smallest absolute Gasteiger partial charge is 0.221 e. The van der Waals surface area contributed by atoms with Gasteiger partial charge >= 0.3 is 0 Å². The number of allylic oxidation sites excluding steroid dienone is 4. The number of aryl methyl sites for hydroxylation is 2. The van der Waals surface area contributed by atoms with Gasteiger partial charge in [0.05, 0.1) is 35.9 Å². The third-order valence-corrected chi connectivity index (χ3v) is 9.02. The van der Waals surface area contributed by atoms with Crippen molar-refractivity contribution in [2.45, 2.75) is 53.4 Å². The molecule has 3 aromatic rings. The molecular formula is C40H40N6O2. The van der Waals surface area contributed by atoms with Crippen LogP contribution in [0.1, 0.15) is 84.6 Å². The summed E-state index contributed by atoms with van der Waals surface area (Å²) in [6, 6.07) is 8.14. The predicted molar refractivity (Wildman–Crippen MR) is 198 cm³/mol. The average Bonchev–Trinajstić information content (AvgIpc) is 3.73. The Kier molecular flexibility index (Phi) is 9.96. The number of terminal acetylenes is 2. The molecule has 0 radical (unpaired) electrons. The average molecular weight is 637 g/mol. The number of rotatable bonds is 10. The molecule has 2 aliphatic rings. The van der Waals surface area contributed by atoms with Crippen molar-refractivity contribution >= 4 is 68.3 Å². The molecule has 0 aromatic carbocycles. The first-order chi connectivity index (χ1) is 23.1. The standard InChI is InChI=1S/C40H40N6O2/c1-9-17-41-39(47)15-13-29-25(7)32-19-31-23(5)27(11-3)35(43-31)20-33-24(6)28(12-4)36(44-33)21-34-26(8)30(14-16-40(48)42-18-10-2)38(46-34)22-37(29)45-32/h1-2,11-12,19-22,43-44H,3-4,13-18H2,5-8H3,(H,41,47)(H,42,48). The predicted octanol–water partition coefficient (Wildman–Crippen LogP) is 7.14. The van der Waals surface area contributed by atoms with Crippen molar-refractivity contribution in [3.05, 3.63) is 82.5 Å². The molecule has 0 saturated carbocycles. The largest absolute Gasteiger partial charge is 0.355 e. The zero-order valence-corrected chi connectivity index (χ0v) is 28.0. The van der Waals surface area contributed by atoms with Gasteiger partial charge in [0, 0.05) is 46.0 Å². The van der Waals surface area contributed by atoms with Crippen LogP contribution in [0.25, 0.3) is 56.5 Å². The number of aromatic nitrogens is 4. The number of hydrogen-bond donors (Lipinski definition) is 4. The van der Waals surface area contributed by atoms with E-state index in [1.165, 1.54) is 0 Å². The van der Waals surface area contributed by atoms with Crippen LogP contribution in [0.2, 0.25) is 0 Å². The molecule has 0 spiro atoms. The number of nitrogens with zero attached hydrogens (tertiary/aromatic N) is 2. The maximum atomic E-state index is 12.6. The number of carbonyl (C=O) groups excluding carboxylic acids is 2. The maximum absolute atomic E-state index is 12.6. The highest BCUT2D eigenvalue weighted by atomic mass is 16.2. The lowest BCUT2D eigenvalue weighted by molar-refractivity contribution is -0.121. The molecular weight excluding hydrogens is 596 g/mol. The Morgan fingerprint density at radius 3 is 1.54 bits per heavy atom. The zero-order valence-electron chi connectivity index (χ0n) is 28.0. The molecule has 5 rings (SSSR count). The number of hydrogen-bond acceptors (Lipinski definition) is 4. The number of amides is 2. The third kappa shape index (κ3) is 6.65. The number of aromatic amines is 2. The van der Waals surface area contributed by atoms with Gasteiger partial charge in [0.2, 0.25) is 11.8 Å². The van der Waals surface area contributed by atoms with Crippen LogP contribution in [0.4, 0.5) is 0 Å². The monoisotopic (exact) mass is 636 g/mol. The Balaban J connectivity index is 1.81. The minimum atomic E-state index is -0.130. The summed E-state index contributed by atoms with van der Waals surface area (Å²) in [5.41, 5.74) is 14.6. The molecule has 3 aromatic heterocycles. The number of nitrogens with one attached hydrogen (secondary N) is 4. The Bertz CT molecular complexity index is 2170. The van der Waals surface area contributed by atoms with Gasteiger partial charge in [-0.1, -0.05) is 37.2 Å². The van der Waals surface area contributed by atoms with E-state index < -0.39 is 0 Å². The molecule has 4 N–H and O–H groups in total. The highest BCUT2D eigenvalue weighted by molar-refractivity contribution is 5.97. The fourth-order valence-corrected chi connectivity index (χ4v) is 6.26. The van der Waals surface area contributed by atoms with Crippen molar-refractivity contribution < 1.29 is 9.59 Å². The van der Waals surface area contributed by atoms with E-state index in [4.69, 9.17) is 22.8 Å². The summed E-state index contributed by atoms with van der Waals surface area (Å²) >= 11 is 0. The van der Waals surface area contributed by atoms with Gasteiger partial charge in [-0.15, -0.1) is 12.8 Å². The lowest BCUT2D eigenvalue weighted by Crippen LogP contribution is -2.23. The molecule has 48 heavy (non-hydrogen) atoms. The summed E-state index contributed by atoms with van der Waals surface area (Å²) in [7, 11) is 0. The number of carbonyl (C=O) groups is 2. The van der Waals surface area contributed by atoms with E-state index in [1.807, 2.05) is 44.2 Å². The second kappa shape index (κ2) is 14.3. The van der Waals surface area contributed by atoms with Crippen LogP contribution in [0.3, 0.4) is 0 Å². The van der Waals surface area contributed by atoms with Crippen molar-refractivity contribution in [2.24, 2.45) is 0 Å². The van der Waals surface area contributed by atoms with Gasteiger partial charge in [-0.3, -0.25) is 9.59 Å². The molecule has 0 atom stereocenters. The molecule has 2 amide bonds. The molecule has 0 unspecified atom stereocenters. The highest BCUT2D eigenvalue weighted by Gasteiger charge is 2.23. The summed E-state index contributed by atoms with van der Waals surface area (Å²) in [5, 5.41) is 5.51. The summed E-state index contributed by atoms with van der Waals surface area (Å²) < 4.78 is 0. The fourth-order valence-electron chi connectivity index (χ4n) is 6.26. The number of H-pyrrole nitrogens is 2. The van der Waals surface area contributed by atoms with E-state index in [2.05, 4.69) is 65.5 Å². The van der Waals surface area contributed by atoms with E-state index >= 15 is 0 Å². The molecule has 0 aliphatic carbocycles. The molecule has 0 saturated heterocycles. The third-order valence-electron chi connectivity index (χ3n) is 9.02. The summed E-state index contributed by atoms with van der Waals surface area (Å²) in [5.74, 6) is 4.64. The van der Waals surface area contributed by atoms with Crippen molar-refractivity contribution in [1.29, 1.82) is 0 Å². The van der Waals surface area contributed by atoms with Gasteiger partial charge < -0.3 is 20.6 Å². The van der Waals surface area contributed by atoms with Crippen LogP contribution in [0.15, 0.2) is 37.4 Å². The second-order valence-corrected chi connectivity index (χ2v) is 11.9. The van der Waals surface area contributed by atoms with Gasteiger partial charge in [0.15, 0.2) is 0 Å². The number of fused-ring (bicyclic) bond motifs is 8. The molecule has 242 valence electrons. The van der Waals surface area contributed by atoms with Gasteiger partial charge in [-0.05, 0) is 98.2 Å². The van der Waals surface area contributed by atoms with E-state index in [0.29, 0.717) is 12.8 Å². The van der Waals surface area contributed by atoms with E-state index in [9.17, 15) is 9.59 Å². The first-order valence-corrected chi connectivity index (χ1v) is 15.9. The van der Waals surface area contributed by atoms with E-state index in [0.717, 1.165) is 89.4 Å². The van der Waals surface area contributed by atoms with Crippen molar-refractivity contribution in [2.75, 3.05) is 13.1 Å². The van der Waals surface area contributed by atoms with Crippen molar-refractivity contribution in [3.63, 3.8) is 0 Å². The minimum Gasteiger partial charge on any atom is -0.355 e. The van der Waals surface area contributed by atoms with Crippen LogP contribution < -0.4 is 10.6 Å². The normalized spacial score (nSPS) is 12.4. The Hall–Kier alpha value is -5.86. The Morgan fingerprint density at radius 2 is 1.10 bits per heavy atom. The Labute approximate surface area is 281 Å². The highest BCUT2D eigenvalue weighted by Crippen LogP contribution is 2.38. The van der Waals surface area contributed by atoms with E-state index in [1.54, 1.807) is 0 Å². The Morgan fingerprint density at radius 1 is 0.688 bits per heavy atom. The van der Waals surface area contributed by atoms with Crippen LogP contribution in [0, 0.1) is 38.5 Å². The van der Waals surface area contributed by atoms with Gasteiger partial charge in [0.1, 0.15) is 0 Å². The van der Waals surface area contributed by atoms with Crippen LogP contribution in [0.5, 0.6) is 0 Å². The SMILES string of the molecule is C#CCNC(=O)CCC1=C(C)c2cc3[nH]c(cc4[nH]c(cc5nc(cc1n2)C(CCC(=O)NCC#C)=C5C)c(C=C)c4C)c(C=C)c3C. The molecule has 8 heteroatoms. The minimum absolute atomic E-state index is 0.129. The van der Waals surface area contributed by atoms with Crippen molar-refractivity contribution in [3.8, 4) is 24.7 Å². The van der Waals surface area contributed by atoms with Gasteiger partial charge in [-0.25, -0.2) is 9.97 Å². The summed E-state index contributed by atoms with van der Waals surface area (Å²) in [6.07, 6.45) is 15.8. The first-order valence-electron chi connectivity index (χ1n) is 15.9. The fraction of sp³-hybridized carbons (Fsp3) is 0.250. The molecule has 2 aliphatic heterocycles. The van der Waals surface area contributed by atoms with E-state index in [-0.39, 0.29) is 37.7 Å². The quantitative estimate of drug-likeness (QED) is 0.177. The van der Waals surface area contributed by atoms with Crippen LogP contribution in [-0.2, 0) is 9.59 Å². The second-order valence-electron chi connectivity index (χ2n) is 11.9. The molecule has 8 nitrogen and oxygen atoms in total. The molecule has 8 bridgehead atoms. The summed E-state index contributed by atoms with van der Waals surface area (Å²) in [4.78, 5) is 42.6. The first kappa shape index (κ1) is 33.5.